The van der Waals surface area contributed by atoms with Gasteiger partial charge in [-0.05, 0) is 25.1 Å². The molecule has 0 aliphatic carbocycles. The molecule has 0 radical (unpaired) electrons. The Hall–Kier alpha value is -1.28. The van der Waals surface area contributed by atoms with Gasteiger partial charge in [-0.25, -0.2) is 0 Å². The molecule has 0 spiro atoms. The van der Waals surface area contributed by atoms with E-state index in [-0.39, 0.29) is 5.78 Å². The number of ether oxygens (including phenoxy) is 1. The van der Waals surface area contributed by atoms with Gasteiger partial charge in [0.05, 0.1) is 17.7 Å². The predicted octanol–water partition coefficient (Wildman–Crippen LogP) is 3.11. The van der Waals surface area contributed by atoms with Crippen LogP contribution in [0.25, 0.3) is 0 Å². The van der Waals surface area contributed by atoms with E-state index in [0.717, 1.165) is 0 Å². The summed E-state index contributed by atoms with van der Waals surface area (Å²) in [5.74, 6) is 0.357. The summed E-state index contributed by atoms with van der Waals surface area (Å²) >= 11 is 5.90. The van der Waals surface area contributed by atoms with E-state index in [2.05, 4.69) is 0 Å². The largest absolute Gasteiger partial charge is 0.496 e. The Labute approximate surface area is 88.1 Å². The van der Waals surface area contributed by atoms with Crippen LogP contribution >= 0.6 is 11.6 Å². The van der Waals surface area contributed by atoms with Crippen LogP contribution < -0.4 is 4.74 Å². The van der Waals surface area contributed by atoms with Crippen molar-refractivity contribution in [3.8, 4) is 5.75 Å². The smallest absolute Gasteiger partial charge is 0.190 e. The minimum Gasteiger partial charge on any atom is -0.496 e. The summed E-state index contributed by atoms with van der Waals surface area (Å²) in [7, 11) is 1.51. The minimum absolute atomic E-state index is 0.144. The number of hydrogen-bond acceptors (Lipinski definition) is 2. The first kappa shape index (κ1) is 10.8. The number of hydrogen-bond donors (Lipinski definition) is 0. The van der Waals surface area contributed by atoms with Gasteiger partial charge in [0, 0.05) is 0 Å². The molecule has 0 bridgehead atoms. The number of ketones is 1. The average Bonchev–Trinajstić information content (AvgIpc) is 2.17. The summed E-state index contributed by atoms with van der Waals surface area (Å²) in [6, 6.07) is 5.12. The van der Waals surface area contributed by atoms with E-state index in [1.54, 1.807) is 31.2 Å². The lowest BCUT2D eigenvalue weighted by atomic mass is 10.1. The summed E-state index contributed by atoms with van der Waals surface area (Å²) < 4.78 is 5.05. The van der Waals surface area contributed by atoms with Crippen LogP contribution in [0.1, 0.15) is 17.3 Å². The molecule has 0 amide bonds. The quantitative estimate of drug-likeness (QED) is 0.566. The van der Waals surface area contributed by atoms with Gasteiger partial charge in [-0.2, -0.15) is 0 Å². The van der Waals surface area contributed by atoms with E-state index < -0.39 is 0 Å². The minimum atomic E-state index is -0.144. The second-order valence-electron chi connectivity index (χ2n) is 2.68. The highest BCUT2D eigenvalue weighted by Gasteiger charge is 2.12. The molecule has 0 N–H and O–H groups in total. The average molecular weight is 211 g/mol. The highest BCUT2D eigenvalue weighted by molar-refractivity contribution is 6.35. The molecule has 0 atom stereocenters. The molecule has 3 heteroatoms. The van der Waals surface area contributed by atoms with E-state index in [9.17, 15) is 4.79 Å². The number of methoxy groups -OCH3 is 1. The molecule has 0 heterocycles. The first-order chi connectivity index (χ1) is 6.70. The highest BCUT2D eigenvalue weighted by atomic mass is 35.5. The SMILES string of the molecule is C/C=C/C(=O)c1c(Cl)cccc1OC. The molecular weight excluding hydrogens is 200 g/mol. The van der Waals surface area contributed by atoms with Crippen molar-refractivity contribution in [3.05, 3.63) is 40.9 Å². The third-order valence-corrected chi connectivity index (χ3v) is 2.07. The zero-order chi connectivity index (χ0) is 10.6. The van der Waals surface area contributed by atoms with E-state index in [4.69, 9.17) is 16.3 Å². The van der Waals surface area contributed by atoms with Gasteiger partial charge in [0.25, 0.3) is 0 Å². The lowest BCUT2D eigenvalue weighted by Crippen LogP contribution is -1.99. The first-order valence-corrected chi connectivity index (χ1v) is 4.58. The standard InChI is InChI=1S/C11H11ClO2/c1-3-5-9(13)11-8(12)6-4-7-10(11)14-2/h3-7H,1-2H3/b5-3+. The second kappa shape index (κ2) is 4.82. The third kappa shape index (κ3) is 2.15. The fourth-order valence-electron chi connectivity index (χ4n) is 1.15. The van der Waals surface area contributed by atoms with Gasteiger partial charge in [-0.15, -0.1) is 0 Å². The molecular formula is C11H11ClO2. The monoisotopic (exact) mass is 210 g/mol. The zero-order valence-corrected chi connectivity index (χ0v) is 8.84. The Bertz CT molecular complexity index is 370. The van der Waals surface area contributed by atoms with Crippen molar-refractivity contribution >= 4 is 17.4 Å². The number of rotatable bonds is 3. The van der Waals surface area contributed by atoms with Crippen molar-refractivity contribution in [2.75, 3.05) is 7.11 Å². The van der Waals surface area contributed by atoms with Crippen LogP contribution in [0.4, 0.5) is 0 Å². The molecule has 0 unspecified atom stereocenters. The van der Waals surface area contributed by atoms with Crippen molar-refractivity contribution in [2.24, 2.45) is 0 Å². The highest BCUT2D eigenvalue weighted by Crippen LogP contribution is 2.26. The Balaban J connectivity index is 3.23. The normalized spacial score (nSPS) is 10.5. The lowest BCUT2D eigenvalue weighted by molar-refractivity contribution is 0.104. The fourth-order valence-corrected chi connectivity index (χ4v) is 1.41. The molecule has 0 fully saturated rings. The lowest BCUT2D eigenvalue weighted by Gasteiger charge is -2.06. The summed E-state index contributed by atoms with van der Waals surface area (Å²) in [6.07, 6.45) is 3.13. The van der Waals surface area contributed by atoms with E-state index in [1.165, 1.54) is 13.2 Å². The second-order valence-corrected chi connectivity index (χ2v) is 3.09. The molecule has 0 saturated heterocycles. The molecule has 2 nitrogen and oxygen atoms in total. The maximum atomic E-state index is 11.6. The van der Waals surface area contributed by atoms with E-state index in [0.29, 0.717) is 16.3 Å². The van der Waals surface area contributed by atoms with Crippen LogP contribution in [-0.4, -0.2) is 12.9 Å². The van der Waals surface area contributed by atoms with Gasteiger partial charge in [0.1, 0.15) is 5.75 Å². The van der Waals surface area contributed by atoms with Crippen LogP contribution in [0.2, 0.25) is 5.02 Å². The summed E-state index contributed by atoms with van der Waals surface area (Å²) in [5.41, 5.74) is 0.412. The Morgan fingerprint density at radius 2 is 2.21 bits per heavy atom. The van der Waals surface area contributed by atoms with Gasteiger partial charge >= 0.3 is 0 Å². The van der Waals surface area contributed by atoms with Gasteiger partial charge in [0.15, 0.2) is 5.78 Å². The number of benzene rings is 1. The van der Waals surface area contributed by atoms with Crippen LogP contribution in [-0.2, 0) is 0 Å². The maximum Gasteiger partial charge on any atom is 0.190 e. The number of halogens is 1. The fraction of sp³-hybridized carbons (Fsp3) is 0.182. The molecule has 0 saturated carbocycles. The van der Waals surface area contributed by atoms with Crippen molar-refractivity contribution in [1.82, 2.24) is 0 Å². The summed E-state index contributed by atoms with van der Waals surface area (Å²) in [4.78, 5) is 11.6. The molecule has 0 aliphatic heterocycles. The summed E-state index contributed by atoms with van der Waals surface area (Å²) in [5, 5.41) is 0.410. The predicted molar refractivity (Wildman–Crippen MR) is 57.1 cm³/mol. The van der Waals surface area contributed by atoms with Crippen molar-refractivity contribution in [2.45, 2.75) is 6.92 Å². The first-order valence-electron chi connectivity index (χ1n) is 4.20. The number of carbonyl (C=O) groups excluding carboxylic acids is 1. The molecule has 0 aromatic heterocycles. The van der Waals surface area contributed by atoms with Crippen molar-refractivity contribution in [1.29, 1.82) is 0 Å². The number of carbonyl (C=O) groups is 1. The molecule has 14 heavy (non-hydrogen) atoms. The van der Waals surface area contributed by atoms with Crippen molar-refractivity contribution in [3.63, 3.8) is 0 Å². The van der Waals surface area contributed by atoms with Gasteiger partial charge in [0.2, 0.25) is 0 Å². The molecule has 74 valence electrons. The van der Waals surface area contributed by atoms with E-state index >= 15 is 0 Å². The topological polar surface area (TPSA) is 26.3 Å². The Morgan fingerprint density at radius 1 is 1.50 bits per heavy atom. The van der Waals surface area contributed by atoms with Crippen molar-refractivity contribution < 1.29 is 9.53 Å². The molecule has 0 aliphatic rings. The molecule has 1 aromatic carbocycles. The third-order valence-electron chi connectivity index (χ3n) is 1.76. The van der Waals surface area contributed by atoms with Gasteiger partial charge < -0.3 is 4.74 Å². The zero-order valence-electron chi connectivity index (χ0n) is 8.08. The number of allylic oxidation sites excluding steroid dienone is 2. The molecule has 1 aromatic rings. The van der Waals surface area contributed by atoms with Crippen LogP contribution in [0.3, 0.4) is 0 Å². The van der Waals surface area contributed by atoms with Gasteiger partial charge in [-0.3, -0.25) is 4.79 Å². The Morgan fingerprint density at radius 3 is 2.79 bits per heavy atom. The maximum absolute atomic E-state index is 11.6. The van der Waals surface area contributed by atoms with Crippen LogP contribution in [0, 0.1) is 0 Å². The van der Waals surface area contributed by atoms with Gasteiger partial charge in [-0.1, -0.05) is 23.7 Å². The van der Waals surface area contributed by atoms with Crippen LogP contribution in [0.15, 0.2) is 30.4 Å². The Kier molecular flexibility index (Phi) is 3.72. The van der Waals surface area contributed by atoms with E-state index in [1.807, 2.05) is 0 Å². The summed E-state index contributed by atoms with van der Waals surface area (Å²) in [6.45, 7) is 1.78. The van der Waals surface area contributed by atoms with Crippen LogP contribution in [0.5, 0.6) is 5.75 Å². The molecule has 1 rings (SSSR count).